The minimum Gasteiger partial charge on any atom is -0.352 e. The second-order valence-electron chi connectivity index (χ2n) is 7.79. The zero-order chi connectivity index (χ0) is 21.7. The van der Waals surface area contributed by atoms with Crippen molar-refractivity contribution in [1.82, 2.24) is 19.6 Å². The van der Waals surface area contributed by atoms with Crippen LogP contribution in [0.5, 0.6) is 0 Å². The number of rotatable bonds is 7. The van der Waals surface area contributed by atoms with E-state index in [2.05, 4.69) is 20.2 Å². The number of piperidine rings is 1. The van der Waals surface area contributed by atoms with Gasteiger partial charge < -0.3 is 10.2 Å². The normalized spacial score (nSPS) is 15.6. The zero-order valence-electron chi connectivity index (χ0n) is 17.7. The molecule has 1 aromatic heterocycles. The van der Waals surface area contributed by atoms with Gasteiger partial charge in [0, 0.05) is 51.0 Å². The van der Waals surface area contributed by atoms with Gasteiger partial charge in [0.05, 0.1) is 4.90 Å². The predicted molar refractivity (Wildman–Crippen MR) is 115 cm³/mol. The lowest BCUT2D eigenvalue weighted by molar-refractivity contribution is -0.125. The lowest BCUT2D eigenvalue weighted by atomic mass is 9.96. The molecule has 162 valence electrons. The Morgan fingerprint density at radius 2 is 1.77 bits per heavy atom. The van der Waals surface area contributed by atoms with Gasteiger partial charge in [-0.3, -0.25) is 4.79 Å². The van der Waals surface area contributed by atoms with Gasteiger partial charge >= 0.3 is 0 Å². The molecule has 2 aromatic rings. The molecule has 1 N–H and O–H groups in total. The van der Waals surface area contributed by atoms with Crippen molar-refractivity contribution in [2.45, 2.75) is 44.2 Å². The van der Waals surface area contributed by atoms with Crippen LogP contribution in [0.3, 0.4) is 0 Å². The number of nitrogens with zero attached hydrogens (tertiary/aromatic N) is 4. The number of carbonyl (C=O) groups excluding carboxylic acids is 1. The van der Waals surface area contributed by atoms with Gasteiger partial charge in [-0.05, 0) is 50.5 Å². The van der Waals surface area contributed by atoms with Gasteiger partial charge in [-0.1, -0.05) is 12.1 Å². The highest BCUT2D eigenvalue weighted by Crippen LogP contribution is 2.21. The Labute approximate surface area is 178 Å². The van der Waals surface area contributed by atoms with E-state index >= 15 is 0 Å². The maximum atomic E-state index is 12.5. The third-order valence-corrected chi connectivity index (χ3v) is 7.54. The molecule has 1 fully saturated rings. The molecule has 0 radical (unpaired) electrons. The second-order valence-corrected chi connectivity index (χ2v) is 9.78. The highest BCUT2D eigenvalue weighted by atomic mass is 32.2. The Hall–Kier alpha value is -2.52. The Morgan fingerprint density at radius 1 is 1.17 bits per heavy atom. The summed E-state index contributed by atoms with van der Waals surface area (Å²) >= 11 is 0. The molecule has 1 aliphatic rings. The van der Waals surface area contributed by atoms with Crippen LogP contribution in [0.25, 0.3) is 0 Å². The number of sulfonamides is 1. The lowest BCUT2D eigenvalue weighted by Crippen LogP contribution is -2.41. The molecule has 0 spiro atoms. The van der Waals surface area contributed by atoms with E-state index in [0.29, 0.717) is 12.5 Å². The third kappa shape index (κ3) is 5.14. The summed E-state index contributed by atoms with van der Waals surface area (Å²) in [5.74, 6) is 0.693. The fourth-order valence-electron chi connectivity index (χ4n) is 3.35. The second kappa shape index (κ2) is 9.53. The number of hydrogen-bond acceptors (Lipinski definition) is 6. The van der Waals surface area contributed by atoms with Crippen molar-refractivity contribution < 1.29 is 13.2 Å². The van der Waals surface area contributed by atoms with E-state index in [-0.39, 0.29) is 22.8 Å². The fourth-order valence-corrected chi connectivity index (χ4v) is 4.72. The van der Waals surface area contributed by atoms with Crippen molar-refractivity contribution in [3.8, 4) is 0 Å². The summed E-state index contributed by atoms with van der Waals surface area (Å²) in [7, 11) is -1.93. The number of nitrogens with one attached hydrogen (secondary N) is 1. The number of aromatic nitrogens is 2. The molecule has 0 saturated carbocycles. The highest BCUT2D eigenvalue weighted by molar-refractivity contribution is 7.89. The van der Waals surface area contributed by atoms with Crippen molar-refractivity contribution in [1.29, 1.82) is 0 Å². The maximum absolute atomic E-state index is 12.5. The van der Waals surface area contributed by atoms with Crippen molar-refractivity contribution >= 4 is 21.9 Å². The predicted octanol–water partition coefficient (Wildman–Crippen LogP) is 2.04. The standard InChI is InChI=1S/C21H29N5O3S/c1-16(2)25(3)30(28,29)19-7-5-17(6-8-19)15-24-20(27)18-9-13-26(14-10-18)21-22-11-4-12-23-21/h4-8,11-12,16,18H,9-10,13-15H2,1-3H3,(H,24,27). The van der Waals surface area contributed by atoms with Gasteiger partial charge in [-0.25, -0.2) is 18.4 Å². The highest BCUT2D eigenvalue weighted by Gasteiger charge is 2.26. The summed E-state index contributed by atoms with van der Waals surface area (Å²) in [5.41, 5.74) is 0.865. The van der Waals surface area contributed by atoms with Crippen LogP contribution in [-0.4, -0.2) is 54.8 Å². The van der Waals surface area contributed by atoms with E-state index in [1.807, 2.05) is 13.8 Å². The SMILES string of the molecule is CC(C)N(C)S(=O)(=O)c1ccc(CNC(=O)C2CCN(c3ncccn3)CC2)cc1. The van der Waals surface area contributed by atoms with Gasteiger partial charge in [0.1, 0.15) is 0 Å². The van der Waals surface area contributed by atoms with Gasteiger partial charge in [0.2, 0.25) is 21.9 Å². The smallest absolute Gasteiger partial charge is 0.243 e. The molecule has 0 aliphatic carbocycles. The average molecular weight is 432 g/mol. The molecule has 9 heteroatoms. The summed E-state index contributed by atoms with van der Waals surface area (Å²) in [6, 6.07) is 8.35. The van der Waals surface area contributed by atoms with E-state index < -0.39 is 10.0 Å². The van der Waals surface area contributed by atoms with Crippen LogP contribution in [0.2, 0.25) is 0 Å². The molecule has 1 aromatic carbocycles. The molecule has 0 unspecified atom stereocenters. The van der Waals surface area contributed by atoms with Crippen molar-refractivity contribution in [3.63, 3.8) is 0 Å². The molecule has 1 aliphatic heterocycles. The van der Waals surface area contributed by atoms with Crippen LogP contribution in [0.4, 0.5) is 5.95 Å². The first-order valence-corrected chi connectivity index (χ1v) is 11.6. The molecule has 2 heterocycles. The van der Waals surface area contributed by atoms with Gasteiger partial charge in [-0.15, -0.1) is 0 Å². The molecule has 3 rings (SSSR count). The van der Waals surface area contributed by atoms with Crippen LogP contribution < -0.4 is 10.2 Å². The number of hydrogen-bond donors (Lipinski definition) is 1. The molecular weight excluding hydrogens is 402 g/mol. The van der Waals surface area contributed by atoms with Crippen molar-refractivity contribution in [2.24, 2.45) is 5.92 Å². The number of carbonyl (C=O) groups is 1. The van der Waals surface area contributed by atoms with Crippen LogP contribution >= 0.6 is 0 Å². The largest absolute Gasteiger partial charge is 0.352 e. The first-order valence-electron chi connectivity index (χ1n) is 10.2. The minimum atomic E-state index is -3.50. The molecule has 1 amide bonds. The quantitative estimate of drug-likeness (QED) is 0.721. The molecule has 0 bridgehead atoms. The Balaban J connectivity index is 1.51. The van der Waals surface area contributed by atoms with E-state index in [0.717, 1.165) is 31.5 Å². The van der Waals surface area contributed by atoms with Gasteiger partial charge in [0.25, 0.3) is 0 Å². The molecule has 8 nitrogen and oxygen atoms in total. The Bertz CT molecular complexity index is 940. The van der Waals surface area contributed by atoms with E-state index in [1.165, 1.54) is 4.31 Å². The monoisotopic (exact) mass is 431 g/mol. The summed E-state index contributed by atoms with van der Waals surface area (Å²) < 4.78 is 26.4. The summed E-state index contributed by atoms with van der Waals surface area (Å²) in [6.45, 7) is 5.54. The Morgan fingerprint density at radius 3 is 2.33 bits per heavy atom. The summed E-state index contributed by atoms with van der Waals surface area (Å²) in [5, 5.41) is 2.97. The van der Waals surface area contributed by atoms with Crippen LogP contribution in [0.15, 0.2) is 47.6 Å². The first-order chi connectivity index (χ1) is 14.3. The number of amides is 1. The summed E-state index contributed by atoms with van der Waals surface area (Å²) in [4.78, 5) is 23.4. The molecule has 0 atom stereocenters. The lowest BCUT2D eigenvalue weighted by Gasteiger charge is -2.31. The molecule has 30 heavy (non-hydrogen) atoms. The first kappa shape index (κ1) is 22.2. The van der Waals surface area contributed by atoms with Gasteiger partial charge in [0.15, 0.2) is 0 Å². The van der Waals surface area contributed by atoms with E-state index in [9.17, 15) is 13.2 Å². The molecule has 1 saturated heterocycles. The fraction of sp³-hybridized carbons (Fsp3) is 0.476. The van der Waals surface area contributed by atoms with E-state index in [1.54, 1.807) is 49.8 Å². The van der Waals surface area contributed by atoms with E-state index in [4.69, 9.17) is 0 Å². The van der Waals surface area contributed by atoms with Crippen LogP contribution in [0.1, 0.15) is 32.3 Å². The number of benzene rings is 1. The third-order valence-electron chi connectivity index (χ3n) is 5.50. The summed E-state index contributed by atoms with van der Waals surface area (Å²) in [6.07, 6.45) is 4.95. The average Bonchev–Trinajstić information content (AvgIpc) is 2.77. The topological polar surface area (TPSA) is 95.5 Å². The minimum absolute atomic E-state index is 0.0277. The van der Waals surface area contributed by atoms with Crippen LogP contribution in [0, 0.1) is 5.92 Å². The number of anilines is 1. The maximum Gasteiger partial charge on any atom is 0.243 e. The Kier molecular flexibility index (Phi) is 7.04. The van der Waals surface area contributed by atoms with Gasteiger partial charge in [-0.2, -0.15) is 4.31 Å². The zero-order valence-corrected chi connectivity index (χ0v) is 18.5. The van der Waals surface area contributed by atoms with Crippen molar-refractivity contribution in [2.75, 3.05) is 25.0 Å². The van der Waals surface area contributed by atoms with Crippen molar-refractivity contribution in [3.05, 3.63) is 48.3 Å². The van der Waals surface area contributed by atoms with Crippen LogP contribution in [-0.2, 0) is 21.4 Å². The molecular formula is C21H29N5O3S.